The van der Waals surface area contributed by atoms with E-state index in [0.29, 0.717) is 11.0 Å². The fraction of sp³-hybridized carbons (Fsp3) is 0.286. The summed E-state index contributed by atoms with van der Waals surface area (Å²) in [5.74, 6) is 0.0618. The Morgan fingerprint density at radius 3 is 2.50 bits per heavy atom. The Kier molecular flexibility index (Phi) is 5.84. The fourth-order valence-corrected chi connectivity index (χ4v) is 3.37. The number of rotatable bonds is 5. The number of nitrogens with zero attached hydrogens (tertiary/aromatic N) is 3. The van der Waals surface area contributed by atoms with Crippen LogP contribution in [0.5, 0.6) is 0 Å². The van der Waals surface area contributed by atoms with Crippen LogP contribution in [0.15, 0.2) is 53.7 Å². The highest BCUT2D eigenvalue weighted by Crippen LogP contribution is 2.28. The van der Waals surface area contributed by atoms with E-state index in [1.807, 2.05) is 56.5 Å². The van der Waals surface area contributed by atoms with Crippen molar-refractivity contribution in [2.45, 2.75) is 38.5 Å². The first-order chi connectivity index (χ1) is 13.2. The zero-order valence-corrected chi connectivity index (χ0v) is 17.1. The quantitative estimate of drug-likeness (QED) is 0.455. The van der Waals surface area contributed by atoms with E-state index >= 15 is 0 Å². The number of aryl methyl sites for hydroxylation is 1. The van der Waals surface area contributed by atoms with Crippen LogP contribution in [-0.4, -0.2) is 32.1 Å². The van der Waals surface area contributed by atoms with Crippen LogP contribution in [0.1, 0.15) is 26.3 Å². The molecule has 0 aliphatic rings. The highest BCUT2D eigenvalue weighted by Gasteiger charge is 2.20. The van der Waals surface area contributed by atoms with Crippen molar-refractivity contribution in [2.75, 3.05) is 5.75 Å². The highest BCUT2D eigenvalue weighted by atomic mass is 32.2. The number of halogens is 1. The van der Waals surface area contributed by atoms with Gasteiger partial charge in [-0.1, -0.05) is 23.9 Å². The summed E-state index contributed by atoms with van der Waals surface area (Å²) in [4.78, 5) is 12.1. The molecule has 0 radical (unpaired) electrons. The van der Waals surface area contributed by atoms with Gasteiger partial charge in [0.15, 0.2) is 11.0 Å². The van der Waals surface area contributed by atoms with Gasteiger partial charge in [-0.25, -0.2) is 4.39 Å². The number of hydrogen-bond acceptors (Lipinski definition) is 5. The third-order valence-electron chi connectivity index (χ3n) is 3.73. The van der Waals surface area contributed by atoms with Gasteiger partial charge in [-0.3, -0.25) is 9.36 Å². The SMILES string of the molecule is Cc1cccc(-n2c(SCC(=O)OC(C)(C)C)nnc2-c2ccc(F)cc2)c1. The zero-order valence-electron chi connectivity index (χ0n) is 16.3. The molecule has 3 aromatic rings. The summed E-state index contributed by atoms with van der Waals surface area (Å²) in [5, 5.41) is 9.12. The molecular formula is C21H22FN3O2S. The molecule has 0 aliphatic heterocycles. The van der Waals surface area contributed by atoms with E-state index in [9.17, 15) is 9.18 Å². The molecule has 0 aliphatic carbocycles. The second kappa shape index (κ2) is 8.14. The molecule has 0 spiro atoms. The number of thioether (sulfide) groups is 1. The van der Waals surface area contributed by atoms with Gasteiger partial charge in [0.05, 0.1) is 5.75 Å². The monoisotopic (exact) mass is 399 g/mol. The van der Waals surface area contributed by atoms with Crippen LogP contribution in [0.2, 0.25) is 0 Å². The molecule has 1 aromatic heterocycles. The molecule has 0 atom stereocenters. The number of aromatic nitrogens is 3. The summed E-state index contributed by atoms with van der Waals surface area (Å²) in [6.45, 7) is 7.49. The van der Waals surface area contributed by atoms with Crippen LogP contribution in [0.3, 0.4) is 0 Å². The number of hydrogen-bond donors (Lipinski definition) is 0. The molecule has 5 nitrogen and oxygen atoms in total. The maximum atomic E-state index is 13.3. The molecule has 3 rings (SSSR count). The first-order valence-corrected chi connectivity index (χ1v) is 9.84. The van der Waals surface area contributed by atoms with Gasteiger partial charge in [0, 0.05) is 11.3 Å². The lowest BCUT2D eigenvalue weighted by molar-refractivity contribution is -0.151. The number of benzene rings is 2. The highest BCUT2D eigenvalue weighted by molar-refractivity contribution is 7.99. The van der Waals surface area contributed by atoms with E-state index < -0.39 is 5.60 Å². The summed E-state index contributed by atoms with van der Waals surface area (Å²) in [5.41, 5.74) is 2.15. The average molecular weight is 399 g/mol. The standard InChI is InChI=1S/C21H22FN3O2S/c1-14-6-5-7-17(12-14)25-19(15-8-10-16(22)11-9-15)23-24-20(25)28-13-18(26)27-21(2,3)4/h5-12H,13H2,1-4H3. The minimum absolute atomic E-state index is 0.116. The molecule has 146 valence electrons. The lowest BCUT2D eigenvalue weighted by Crippen LogP contribution is -2.25. The van der Waals surface area contributed by atoms with E-state index in [4.69, 9.17) is 4.74 Å². The normalized spacial score (nSPS) is 11.5. The third kappa shape index (κ3) is 4.98. The van der Waals surface area contributed by atoms with Crippen molar-refractivity contribution < 1.29 is 13.9 Å². The molecule has 28 heavy (non-hydrogen) atoms. The number of ether oxygens (including phenoxy) is 1. The molecule has 7 heteroatoms. The lowest BCUT2D eigenvalue weighted by Gasteiger charge is -2.19. The van der Waals surface area contributed by atoms with Gasteiger partial charge in [0.2, 0.25) is 0 Å². The van der Waals surface area contributed by atoms with Gasteiger partial charge >= 0.3 is 5.97 Å². The predicted molar refractivity (Wildman–Crippen MR) is 108 cm³/mol. The molecule has 0 amide bonds. The topological polar surface area (TPSA) is 57.0 Å². The second-order valence-electron chi connectivity index (χ2n) is 7.36. The lowest BCUT2D eigenvalue weighted by atomic mass is 10.2. The number of carbonyl (C=O) groups excluding carboxylic acids is 1. The maximum Gasteiger partial charge on any atom is 0.316 e. The van der Waals surface area contributed by atoms with Crippen LogP contribution in [0, 0.1) is 12.7 Å². The van der Waals surface area contributed by atoms with Gasteiger partial charge in [-0.15, -0.1) is 10.2 Å². The Labute approximate surface area is 167 Å². The molecule has 2 aromatic carbocycles. The summed E-state index contributed by atoms with van der Waals surface area (Å²) in [7, 11) is 0. The van der Waals surface area contributed by atoms with Crippen LogP contribution >= 0.6 is 11.8 Å². The van der Waals surface area contributed by atoms with Gasteiger partial charge in [0.25, 0.3) is 0 Å². The second-order valence-corrected chi connectivity index (χ2v) is 8.31. The molecule has 0 bridgehead atoms. The van der Waals surface area contributed by atoms with Crippen LogP contribution < -0.4 is 0 Å². The smallest absolute Gasteiger partial charge is 0.316 e. The van der Waals surface area contributed by atoms with E-state index in [-0.39, 0.29) is 17.5 Å². The zero-order chi connectivity index (χ0) is 20.3. The Bertz CT molecular complexity index is 978. The van der Waals surface area contributed by atoms with E-state index in [1.54, 1.807) is 12.1 Å². The number of esters is 1. The Morgan fingerprint density at radius 1 is 1.14 bits per heavy atom. The van der Waals surface area contributed by atoms with Gasteiger partial charge in [0.1, 0.15) is 11.4 Å². The van der Waals surface area contributed by atoms with Crippen molar-refractivity contribution in [2.24, 2.45) is 0 Å². The fourth-order valence-electron chi connectivity index (χ4n) is 2.64. The molecule has 0 unspecified atom stereocenters. The van der Waals surface area contributed by atoms with Crippen LogP contribution in [0.25, 0.3) is 17.1 Å². The Hall–Kier alpha value is -2.67. The summed E-state index contributed by atoms with van der Waals surface area (Å²) >= 11 is 1.26. The third-order valence-corrected chi connectivity index (χ3v) is 4.64. The summed E-state index contributed by atoms with van der Waals surface area (Å²) in [6.07, 6.45) is 0. The maximum absolute atomic E-state index is 13.3. The number of carbonyl (C=O) groups is 1. The van der Waals surface area contributed by atoms with Crippen LogP contribution in [0.4, 0.5) is 4.39 Å². The minimum Gasteiger partial charge on any atom is -0.459 e. The van der Waals surface area contributed by atoms with E-state index in [0.717, 1.165) is 16.8 Å². The molecule has 0 fully saturated rings. The predicted octanol–water partition coefficient (Wildman–Crippen LogP) is 4.82. The van der Waals surface area contributed by atoms with Gasteiger partial charge < -0.3 is 4.74 Å². The molecule has 0 saturated carbocycles. The van der Waals surface area contributed by atoms with Crippen molar-refractivity contribution in [1.82, 2.24) is 14.8 Å². The Balaban J connectivity index is 1.96. The van der Waals surface area contributed by atoms with Crippen molar-refractivity contribution in [1.29, 1.82) is 0 Å². The van der Waals surface area contributed by atoms with Crippen molar-refractivity contribution >= 4 is 17.7 Å². The van der Waals surface area contributed by atoms with Gasteiger partial charge in [-0.05, 0) is 69.7 Å². The van der Waals surface area contributed by atoms with Gasteiger partial charge in [-0.2, -0.15) is 0 Å². The largest absolute Gasteiger partial charge is 0.459 e. The first kappa shape index (κ1) is 20.1. The molecule has 0 saturated heterocycles. The first-order valence-electron chi connectivity index (χ1n) is 8.86. The molecule has 1 heterocycles. The molecular weight excluding hydrogens is 377 g/mol. The Morgan fingerprint density at radius 2 is 1.86 bits per heavy atom. The van der Waals surface area contributed by atoms with Crippen LogP contribution in [-0.2, 0) is 9.53 Å². The van der Waals surface area contributed by atoms with Crippen molar-refractivity contribution in [3.8, 4) is 17.1 Å². The summed E-state index contributed by atoms with van der Waals surface area (Å²) < 4.78 is 20.6. The summed E-state index contributed by atoms with van der Waals surface area (Å²) in [6, 6.07) is 14.0. The molecule has 0 N–H and O–H groups in total. The van der Waals surface area contributed by atoms with Crippen molar-refractivity contribution in [3.05, 3.63) is 59.9 Å². The van der Waals surface area contributed by atoms with E-state index in [1.165, 1.54) is 23.9 Å². The minimum atomic E-state index is -0.541. The average Bonchev–Trinajstić information content (AvgIpc) is 3.03. The van der Waals surface area contributed by atoms with E-state index in [2.05, 4.69) is 10.2 Å². The van der Waals surface area contributed by atoms with Crippen molar-refractivity contribution in [3.63, 3.8) is 0 Å².